The van der Waals surface area contributed by atoms with Gasteiger partial charge in [0, 0.05) is 6.07 Å². The van der Waals surface area contributed by atoms with E-state index in [0.717, 1.165) is 0 Å². The van der Waals surface area contributed by atoms with E-state index in [-0.39, 0.29) is 17.9 Å². The fourth-order valence-electron chi connectivity index (χ4n) is 1.27. The van der Waals surface area contributed by atoms with Crippen molar-refractivity contribution in [3.63, 3.8) is 0 Å². The Hall–Kier alpha value is -2.70. The van der Waals surface area contributed by atoms with Crippen LogP contribution in [0.25, 0.3) is 0 Å². The van der Waals surface area contributed by atoms with Gasteiger partial charge in [-0.15, -0.1) is 0 Å². The Morgan fingerprint density at radius 1 is 1.28 bits per heavy atom. The summed E-state index contributed by atoms with van der Waals surface area (Å²) >= 11 is 0. The Morgan fingerprint density at radius 3 is 2.72 bits per heavy atom. The summed E-state index contributed by atoms with van der Waals surface area (Å²) in [6.07, 6.45) is 1.46. The van der Waals surface area contributed by atoms with Gasteiger partial charge in [-0.1, -0.05) is 11.2 Å². The number of hydrogen-bond donors (Lipinski definition) is 2. The molecule has 0 fully saturated rings. The van der Waals surface area contributed by atoms with E-state index in [0.29, 0.717) is 5.76 Å². The molecule has 0 bridgehead atoms. The lowest BCUT2D eigenvalue weighted by Crippen LogP contribution is -2.24. The minimum atomic E-state index is -1.18. The maximum Gasteiger partial charge on any atom is 0.354 e. The molecule has 2 aromatic rings. The molecule has 0 aliphatic rings. The van der Waals surface area contributed by atoms with Gasteiger partial charge in [0.05, 0.1) is 12.7 Å². The average Bonchev–Trinajstić information content (AvgIpc) is 2.89. The summed E-state index contributed by atoms with van der Waals surface area (Å²) in [5.41, 5.74) is -0.142. The van der Waals surface area contributed by atoms with Crippen LogP contribution >= 0.6 is 0 Å². The molecule has 1 amide bonds. The summed E-state index contributed by atoms with van der Waals surface area (Å²) in [6.45, 7) is 0.164. The lowest BCUT2D eigenvalue weighted by molar-refractivity contribution is 0.0690. The number of pyridine rings is 1. The molecule has 7 nitrogen and oxygen atoms in total. The molecule has 0 unspecified atom stereocenters. The van der Waals surface area contributed by atoms with Gasteiger partial charge in [-0.05, 0) is 12.1 Å². The highest BCUT2D eigenvalue weighted by atomic mass is 16.5. The van der Waals surface area contributed by atoms with Crippen molar-refractivity contribution < 1.29 is 19.2 Å². The van der Waals surface area contributed by atoms with Crippen LogP contribution in [0.1, 0.15) is 26.7 Å². The van der Waals surface area contributed by atoms with Crippen LogP contribution in [0.15, 0.2) is 35.0 Å². The Kier molecular flexibility index (Phi) is 3.33. The topological polar surface area (TPSA) is 105 Å². The minimum Gasteiger partial charge on any atom is -0.477 e. The molecule has 2 rings (SSSR count). The lowest BCUT2D eigenvalue weighted by atomic mass is 10.3. The molecule has 0 radical (unpaired) electrons. The second kappa shape index (κ2) is 5.09. The van der Waals surface area contributed by atoms with Crippen molar-refractivity contribution in [2.75, 3.05) is 0 Å². The number of amides is 1. The van der Waals surface area contributed by atoms with Crippen molar-refractivity contribution in [3.8, 4) is 0 Å². The second-order valence-electron chi connectivity index (χ2n) is 3.37. The van der Waals surface area contributed by atoms with Crippen molar-refractivity contribution in [2.24, 2.45) is 0 Å². The number of nitrogens with zero attached hydrogens (tertiary/aromatic N) is 2. The molecule has 18 heavy (non-hydrogen) atoms. The fraction of sp³-hybridized carbons (Fsp3) is 0.0909. The van der Waals surface area contributed by atoms with Gasteiger partial charge in [-0.3, -0.25) is 4.79 Å². The first-order chi connectivity index (χ1) is 8.66. The molecule has 7 heteroatoms. The number of carboxylic acids is 1. The zero-order valence-electron chi connectivity index (χ0n) is 9.16. The van der Waals surface area contributed by atoms with Gasteiger partial charge in [-0.25, -0.2) is 9.78 Å². The molecule has 2 N–H and O–H groups in total. The molecule has 2 aromatic heterocycles. The lowest BCUT2D eigenvalue weighted by Gasteiger charge is -2.02. The summed E-state index contributed by atoms with van der Waals surface area (Å²) in [5.74, 6) is -1.16. The first kappa shape index (κ1) is 11.8. The number of carboxylic acid groups (broad SMARTS) is 1. The quantitative estimate of drug-likeness (QED) is 0.823. The van der Waals surface area contributed by atoms with Crippen LogP contribution in [0.5, 0.6) is 0 Å². The van der Waals surface area contributed by atoms with Gasteiger partial charge in [0.2, 0.25) is 0 Å². The number of carbonyl (C=O) groups is 2. The van der Waals surface area contributed by atoms with E-state index in [2.05, 4.69) is 15.5 Å². The van der Waals surface area contributed by atoms with Crippen molar-refractivity contribution in [2.45, 2.75) is 6.54 Å². The Morgan fingerprint density at radius 2 is 2.06 bits per heavy atom. The van der Waals surface area contributed by atoms with E-state index < -0.39 is 11.9 Å². The molecule has 0 spiro atoms. The summed E-state index contributed by atoms with van der Waals surface area (Å²) in [5, 5.41) is 14.8. The van der Waals surface area contributed by atoms with Crippen molar-refractivity contribution in [3.05, 3.63) is 47.6 Å². The van der Waals surface area contributed by atoms with Crippen molar-refractivity contribution >= 4 is 11.9 Å². The monoisotopic (exact) mass is 247 g/mol. The largest absolute Gasteiger partial charge is 0.477 e. The van der Waals surface area contributed by atoms with Crippen LogP contribution < -0.4 is 5.32 Å². The van der Waals surface area contributed by atoms with E-state index in [9.17, 15) is 9.59 Å². The van der Waals surface area contributed by atoms with Crippen molar-refractivity contribution in [1.82, 2.24) is 15.5 Å². The van der Waals surface area contributed by atoms with Gasteiger partial charge in [0.15, 0.2) is 5.76 Å². The molecular weight excluding hydrogens is 238 g/mol. The third-order valence-corrected chi connectivity index (χ3v) is 2.12. The van der Waals surface area contributed by atoms with E-state index in [1.165, 1.54) is 24.4 Å². The van der Waals surface area contributed by atoms with E-state index in [1.807, 2.05) is 0 Å². The van der Waals surface area contributed by atoms with Crippen LogP contribution in [0.2, 0.25) is 0 Å². The third kappa shape index (κ3) is 2.70. The predicted molar refractivity (Wildman–Crippen MR) is 58.9 cm³/mol. The first-order valence-electron chi connectivity index (χ1n) is 5.05. The number of rotatable bonds is 4. The van der Waals surface area contributed by atoms with Crippen LogP contribution in [0.4, 0.5) is 0 Å². The summed E-state index contributed by atoms with van der Waals surface area (Å²) in [4.78, 5) is 26.1. The van der Waals surface area contributed by atoms with Crippen LogP contribution in [0, 0.1) is 0 Å². The smallest absolute Gasteiger partial charge is 0.354 e. The SMILES string of the molecule is O=C(O)c1cccc(C(=O)NCc2ccno2)n1. The van der Waals surface area contributed by atoms with Gasteiger partial charge in [0.25, 0.3) is 5.91 Å². The van der Waals surface area contributed by atoms with Crippen LogP contribution in [-0.2, 0) is 6.54 Å². The zero-order valence-corrected chi connectivity index (χ0v) is 9.16. The average molecular weight is 247 g/mol. The maximum atomic E-state index is 11.7. The summed E-state index contributed by atoms with van der Waals surface area (Å²) in [7, 11) is 0. The van der Waals surface area contributed by atoms with Gasteiger partial charge in [-0.2, -0.15) is 0 Å². The summed E-state index contributed by atoms with van der Waals surface area (Å²) < 4.78 is 4.80. The van der Waals surface area contributed by atoms with Gasteiger partial charge < -0.3 is 14.9 Å². The molecule has 2 heterocycles. The third-order valence-electron chi connectivity index (χ3n) is 2.12. The number of hydrogen-bond acceptors (Lipinski definition) is 5. The van der Waals surface area contributed by atoms with E-state index in [4.69, 9.17) is 9.63 Å². The molecular formula is C11H9N3O4. The highest BCUT2D eigenvalue weighted by molar-refractivity contribution is 5.94. The number of aromatic nitrogens is 2. The second-order valence-corrected chi connectivity index (χ2v) is 3.37. The molecule has 0 aliphatic heterocycles. The molecule has 92 valence electrons. The zero-order chi connectivity index (χ0) is 13.0. The van der Waals surface area contributed by atoms with Gasteiger partial charge in [0.1, 0.15) is 11.4 Å². The highest BCUT2D eigenvalue weighted by Crippen LogP contribution is 2.01. The number of carbonyl (C=O) groups excluding carboxylic acids is 1. The summed E-state index contributed by atoms with van der Waals surface area (Å²) in [6, 6.07) is 5.82. The highest BCUT2D eigenvalue weighted by Gasteiger charge is 2.11. The molecule has 0 saturated heterocycles. The van der Waals surface area contributed by atoms with E-state index in [1.54, 1.807) is 6.07 Å². The Bertz CT molecular complexity index is 565. The Labute approximate surface area is 101 Å². The van der Waals surface area contributed by atoms with Crippen molar-refractivity contribution in [1.29, 1.82) is 0 Å². The maximum absolute atomic E-state index is 11.7. The van der Waals surface area contributed by atoms with Gasteiger partial charge >= 0.3 is 5.97 Å². The predicted octanol–water partition coefficient (Wildman–Crippen LogP) is 0.698. The number of aromatic carboxylic acids is 1. The normalized spacial score (nSPS) is 10.0. The molecule has 0 aliphatic carbocycles. The molecule has 0 saturated carbocycles. The molecule has 0 atom stereocenters. The van der Waals surface area contributed by atoms with Crippen LogP contribution in [0.3, 0.4) is 0 Å². The van der Waals surface area contributed by atoms with E-state index >= 15 is 0 Å². The molecule has 0 aromatic carbocycles. The minimum absolute atomic E-state index is 0.0365. The Balaban J connectivity index is 2.04. The number of nitrogens with one attached hydrogen (secondary N) is 1. The van der Waals surface area contributed by atoms with Crippen LogP contribution in [-0.4, -0.2) is 27.1 Å². The first-order valence-corrected chi connectivity index (χ1v) is 5.05. The fourth-order valence-corrected chi connectivity index (χ4v) is 1.27. The standard InChI is InChI=1S/C11H9N3O4/c15-10(12-6-7-4-5-13-18-7)8-2-1-3-9(14-8)11(16)17/h1-5H,6H2,(H,12,15)(H,16,17).